The van der Waals surface area contributed by atoms with E-state index in [4.69, 9.17) is 14.2 Å². The van der Waals surface area contributed by atoms with Gasteiger partial charge in [-0.1, -0.05) is 0 Å². The second-order valence-corrected chi connectivity index (χ2v) is 6.60. The molecular weight excluding hydrogens is 358 g/mol. The Labute approximate surface area is 163 Å². The van der Waals surface area contributed by atoms with Crippen LogP contribution in [-0.2, 0) is 11.3 Å². The van der Waals surface area contributed by atoms with E-state index in [2.05, 4.69) is 20.9 Å². The number of fused-ring (bicyclic) bond motifs is 2. The molecular formula is C21H23N3O4. The van der Waals surface area contributed by atoms with Crippen LogP contribution >= 0.6 is 0 Å². The fourth-order valence-corrected chi connectivity index (χ4v) is 3.16. The number of benzene rings is 1. The average molecular weight is 381 g/mol. The molecule has 3 aromatic rings. The number of aryl methyl sites for hydroxylation is 1. The number of ether oxygens (including phenoxy) is 3. The summed E-state index contributed by atoms with van der Waals surface area (Å²) in [5.74, 6) is 2.19. The molecule has 0 atom stereocenters. The van der Waals surface area contributed by atoms with Gasteiger partial charge in [0.2, 0.25) is 12.7 Å². The van der Waals surface area contributed by atoms with Gasteiger partial charge in [0.15, 0.2) is 11.5 Å². The van der Waals surface area contributed by atoms with E-state index >= 15 is 0 Å². The second-order valence-electron chi connectivity index (χ2n) is 6.60. The van der Waals surface area contributed by atoms with Crippen molar-refractivity contribution in [3.63, 3.8) is 0 Å². The van der Waals surface area contributed by atoms with Crippen LogP contribution in [0.4, 0.5) is 0 Å². The van der Waals surface area contributed by atoms with Crippen molar-refractivity contribution in [3.8, 4) is 17.2 Å². The average Bonchev–Trinajstić information content (AvgIpc) is 3.35. The van der Waals surface area contributed by atoms with Crippen molar-refractivity contribution in [3.05, 3.63) is 48.8 Å². The van der Waals surface area contributed by atoms with Gasteiger partial charge in [0, 0.05) is 43.4 Å². The molecule has 4 rings (SSSR count). The van der Waals surface area contributed by atoms with E-state index in [1.54, 1.807) is 6.20 Å². The van der Waals surface area contributed by atoms with Crippen LogP contribution in [0.25, 0.3) is 11.0 Å². The number of nitrogens with zero attached hydrogens (tertiary/aromatic N) is 2. The maximum Gasteiger partial charge on any atom is 0.231 e. The molecule has 0 saturated heterocycles. The van der Waals surface area contributed by atoms with Crippen LogP contribution < -0.4 is 19.5 Å². The zero-order valence-corrected chi connectivity index (χ0v) is 15.6. The lowest BCUT2D eigenvalue weighted by Gasteiger charge is -2.08. The molecule has 7 heteroatoms. The van der Waals surface area contributed by atoms with Crippen LogP contribution in [-0.4, -0.2) is 35.4 Å². The Hall–Kier alpha value is -3.22. The summed E-state index contributed by atoms with van der Waals surface area (Å²) in [6.07, 6.45) is 5.80. The first kappa shape index (κ1) is 18.2. The zero-order chi connectivity index (χ0) is 19.2. The molecule has 1 aromatic carbocycles. The molecule has 7 nitrogen and oxygen atoms in total. The van der Waals surface area contributed by atoms with E-state index in [9.17, 15) is 4.79 Å². The number of pyridine rings is 1. The largest absolute Gasteiger partial charge is 0.493 e. The van der Waals surface area contributed by atoms with Crippen LogP contribution in [0, 0.1) is 0 Å². The number of carbonyl (C=O) groups is 1. The van der Waals surface area contributed by atoms with E-state index in [1.807, 2.05) is 36.5 Å². The van der Waals surface area contributed by atoms with Crippen LogP contribution in [0.15, 0.2) is 48.8 Å². The molecule has 3 heterocycles. The third-order valence-electron chi connectivity index (χ3n) is 4.58. The van der Waals surface area contributed by atoms with Gasteiger partial charge >= 0.3 is 0 Å². The number of hydrogen-bond acceptors (Lipinski definition) is 5. The number of nitrogens with one attached hydrogen (secondary N) is 1. The van der Waals surface area contributed by atoms with Gasteiger partial charge in [-0.05, 0) is 43.2 Å². The Morgan fingerprint density at radius 3 is 3.07 bits per heavy atom. The number of hydrogen-bond donors (Lipinski definition) is 1. The predicted octanol–water partition coefficient (Wildman–Crippen LogP) is 3.13. The van der Waals surface area contributed by atoms with Crippen molar-refractivity contribution in [2.24, 2.45) is 0 Å². The summed E-state index contributed by atoms with van der Waals surface area (Å²) in [4.78, 5) is 16.4. The van der Waals surface area contributed by atoms with Crippen molar-refractivity contribution < 1.29 is 19.0 Å². The maximum absolute atomic E-state index is 12.0. The number of amides is 1. The highest BCUT2D eigenvalue weighted by Crippen LogP contribution is 2.35. The second kappa shape index (κ2) is 8.65. The first-order valence-electron chi connectivity index (χ1n) is 9.48. The van der Waals surface area contributed by atoms with Crippen molar-refractivity contribution >= 4 is 16.9 Å². The van der Waals surface area contributed by atoms with E-state index in [1.165, 1.54) is 0 Å². The normalized spacial score (nSPS) is 12.3. The van der Waals surface area contributed by atoms with Crippen LogP contribution in [0.1, 0.15) is 19.3 Å². The van der Waals surface area contributed by atoms with Crippen molar-refractivity contribution in [1.29, 1.82) is 0 Å². The summed E-state index contributed by atoms with van der Waals surface area (Å²) >= 11 is 0. The van der Waals surface area contributed by atoms with Gasteiger partial charge in [-0.3, -0.25) is 4.79 Å². The lowest BCUT2D eigenvalue weighted by Crippen LogP contribution is -2.25. The van der Waals surface area contributed by atoms with Crippen LogP contribution in [0.2, 0.25) is 0 Å². The Balaban J connectivity index is 1.11. The molecule has 0 unspecified atom stereocenters. The lowest BCUT2D eigenvalue weighted by atomic mass is 10.3. The summed E-state index contributed by atoms with van der Waals surface area (Å²) in [6.45, 7) is 2.20. The van der Waals surface area contributed by atoms with Crippen LogP contribution in [0.3, 0.4) is 0 Å². The first-order chi connectivity index (χ1) is 13.8. The minimum atomic E-state index is 0.0461. The fourth-order valence-electron chi connectivity index (χ4n) is 3.16. The third kappa shape index (κ3) is 4.36. The van der Waals surface area contributed by atoms with Gasteiger partial charge in [-0.2, -0.15) is 0 Å². The Kier molecular flexibility index (Phi) is 5.61. The van der Waals surface area contributed by atoms with Gasteiger partial charge in [-0.25, -0.2) is 4.98 Å². The zero-order valence-electron chi connectivity index (χ0n) is 15.6. The van der Waals surface area contributed by atoms with Crippen molar-refractivity contribution in [1.82, 2.24) is 14.9 Å². The standard InChI is InChI=1S/C21H23N3O4/c25-20(5-2-13-26-17-6-7-18-19(14-17)28-15-27-18)22-10-3-11-24-12-8-16-4-1-9-23-21(16)24/h1,4,6-9,12,14H,2-3,5,10-11,13,15H2,(H,22,25). The van der Waals surface area contributed by atoms with E-state index in [-0.39, 0.29) is 12.7 Å². The van der Waals surface area contributed by atoms with E-state index in [0.717, 1.165) is 35.5 Å². The Bertz CT molecular complexity index is 954. The number of aromatic nitrogens is 2. The van der Waals surface area contributed by atoms with Gasteiger partial charge in [0.25, 0.3) is 0 Å². The quantitative estimate of drug-likeness (QED) is 0.577. The maximum atomic E-state index is 12.0. The third-order valence-corrected chi connectivity index (χ3v) is 4.58. The summed E-state index contributed by atoms with van der Waals surface area (Å²) in [7, 11) is 0. The molecule has 0 saturated carbocycles. The van der Waals surface area contributed by atoms with E-state index < -0.39 is 0 Å². The first-order valence-corrected chi connectivity index (χ1v) is 9.48. The smallest absolute Gasteiger partial charge is 0.231 e. The van der Waals surface area contributed by atoms with E-state index in [0.29, 0.717) is 31.7 Å². The molecule has 2 aromatic heterocycles. The fraction of sp³-hybridized carbons (Fsp3) is 0.333. The molecule has 0 fully saturated rings. The summed E-state index contributed by atoms with van der Waals surface area (Å²) in [6, 6.07) is 11.5. The molecule has 1 amide bonds. The summed E-state index contributed by atoms with van der Waals surface area (Å²) < 4.78 is 18.4. The monoisotopic (exact) mass is 381 g/mol. The SMILES string of the molecule is O=C(CCCOc1ccc2c(c1)OCO2)NCCCn1ccc2cccnc21. The predicted molar refractivity (Wildman–Crippen MR) is 105 cm³/mol. The van der Waals surface area contributed by atoms with Crippen molar-refractivity contribution in [2.75, 3.05) is 19.9 Å². The minimum Gasteiger partial charge on any atom is -0.493 e. The number of carbonyl (C=O) groups excluding carboxylic acids is 1. The van der Waals surface area contributed by atoms with Gasteiger partial charge in [0.1, 0.15) is 11.4 Å². The van der Waals surface area contributed by atoms with Crippen molar-refractivity contribution in [2.45, 2.75) is 25.8 Å². The molecule has 146 valence electrons. The number of rotatable bonds is 9. The van der Waals surface area contributed by atoms with Gasteiger partial charge in [0.05, 0.1) is 6.61 Å². The Morgan fingerprint density at radius 1 is 1.18 bits per heavy atom. The van der Waals surface area contributed by atoms with Gasteiger partial charge in [-0.15, -0.1) is 0 Å². The minimum absolute atomic E-state index is 0.0461. The lowest BCUT2D eigenvalue weighted by molar-refractivity contribution is -0.121. The highest BCUT2D eigenvalue weighted by molar-refractivity contribution is 5.76. The molecule has 1 aliphatic heterocycles. The molecule has 28 heavy (non-hydrogen) atoms. The molecule has 0 bridgehead atoms. The highest BCUT2D eigenvalue weighted by atomic mass is 16.7. The van der Waals surface area contributed by atoms with Crippen LogP contribution in [0.5, 0.6) is 17.2 Å². The molecule has 1 aliphatic rings. The summed E-state index contributed by atoms with van der Waals surface area (Å²) in [5, 5.41) is 4.09. The molecule has 1 N–H and O–H groups in total. The molecule has 0 radical (unpaired) electrons. The topological polar surface area (TPSA) is 74.6 Å². The Morgan fingerprint density at radius 2 is 2.11 bits per heavy atom. The molecule has 0 spiro atoms. The summed E-state index contributed by atoms with van der Waals surface area (Å²) in [5.41, 5.74) is 0.981. The van der Waals surface area contributed by atoms with Gasteiger partial charge < -0.3 is 24.1 Å². The molecule has 0 aliphatic carbocycles. The highest BCUT2D eigenvalue weighted by Gasteiger charge is 2.13.